The minimum atomic E-state index is -1.03. The minimum Gasteiger partial charge on any atom is -0.480 e. The largest absolute Gasteiger partial charge is 0.480 e. The van der Waals surface area contributed by atoms with Gasteiger partial charge in [0.1, 0.15) is 6.04 Å². The van der Waals surface area contributed by atoms with E-state index in [0.29, 0.717) is 13.0 Å². The summed E-state index contributed by atoms with van der Waals surface area (Å²) in [6.07, 6.45) is 2.64. The first kappa shape index (κ1) is 15.6. The van der Waals surface area contributed by atoms with E-state index >= 15 is 0 Å². The van der Waals surface area contributed by atoms with Gasteiger partial charge in [0.15, 0.2) is 0 Å². The van der Waals surface area contributed by atoms with Crippen molar-refractivity contribution in [2.24, 2.45) is 5.92 Å². The summed E-state index contributed by atoms with van der Waals surface area (Å²) in [5, 5.41) is 13.0. The number of nitrogens with one attached hydrogen (secondary N) is 2. The van der Waals surface area contributed by atoms with Gasteiger partial charge in [-0.15, -0.1) is 0 Å². The fourth-order valence-electron chi connectivity index (χ4n) is 2.85. The molecule has 0 bridgehead atoms. The van der Waals surface area contributed by atoms with Crippen molar-refractivity contribution in [3.05, 3.63) is 36.0 Å². The second kappa shape index (κ2) is 6.42. The fraction of sp³-hybridized carbons (Fsp3) is 0.412. The van der Waals surface area contributed by atoms with Crippen LogP contribution in [0.15, 0.2) is 30.5 Å². The van der Waals surface area contributed by atoms with E-state index in [1.807, 2.05) is 31.2 Å². The van der Waals surface area contributed by atoms with Crippen molar-refractivity contribution < 1.29 is 19.4 Å². The van der Waals surface area contributed by atoms with Crippen LogP contribution in [-0.2, 0) is 20.7 Å². The second-order valence-corrected chi connectivity index (χ2v) is 5.80. The van der Waals surface area contributed by atoms with Gasteiger partial charge in [0.25, 0.3) is 0 Å². The highest BCUT2D eigenvalue weighted by molar-refractivity contribution is 5.88. The maximum absolute atomic E-state index is 12.1. The van der Waals surface area contributed by atoms with Crippen LogP contribution in [0.4, 0.5) is 0 Å². The number of rotatable bonds is 7. The van der Waals surface area contributed by atoms with E-state index in [-0.39, 0.29) is 24.3 Å². The molecule has 1 aromatic carbocycles. The van der Waals surface area contributed by atoms with E-state index in [4.69, 9.17) is 4.74 Å². The minimum absolute atomic E-state index is 0.0671. The number of benzene rings is 1. The summed E-state index contributed by atoms with van der Waals surface area (Å²) in [6, 6.07) is 6.76. The van der Waals surface area contributed by atoms with E-state index in [2.05, 4.69) is 10.3 Å². The number of H-pyrrole nitrogens is 1. The molecule has 1 aliphatic carbocycles. The molecular weight excluding hydrogens is 296 g/mol. The fourth-order valence-corrected chi connectivity index (χ4v) is 2.85. The normalized spacial score (nSPS) is 21.1. The van der Waals surface area contributed by atoms with E-state index < -0.39 is 12.0 Å². The van der Waals surface area contributed by atoms with Crippen molar-refractivity contribution in [2.45, 2.75) is 31.9 Å². The van der Waals surface area contributed by atoms with Gasteiger partial charge in [0.2, 0.25) is 5.91 Å². The molecule has 0 saturated heterocycles. The van der Waals surface area contributed by atoms with Crippen LogP contribution in [-0.4, -0.2) is 40.7 Å². The van der Waals surface area contributed by atoms with Crippen LogP contribution in [0.2, 0.25) is 0 Å². The molecule has 3 atom stereocenters. The van der Waals surface area contributed by atoms with Gasteiger partial charge in [-0.25, -0.2) is 4.79 Å². The third kappa shape index (κ3) is 3.37. The van der Waals surface area contributed by atoms with Gasteiger partial charge in [-0.3, -0.25) is 4.79 Å². The zero-order chi connectivity index (χ0) is 16.4. The van der Waals surface area contributed by atoms with Gasteiger partial charge in [-0.2, -0.15) is 0 Å². The van der Waals surface area contributed by atoms with Crippen molar-refractivity contribution in [3.8, 4) is 0 Å². The number of carboxylic acids is 1. The van der Waals surface area contributed by atoms with E-state index in [1.54, 1.807) is 6.20 Å². The number of para-hydroxylation sites is 1. The van der Waals surface area contributed by atoms with Crippen molar-refractivity contribution >= 4 is 22.8 Å². The van der Waals surface area contributed by atoms with Gasteiger partial charge in [0.05, 0.1) is 12.0 Å². The Bertz CT molecular complexity index is 724. The highest BCUT2D eigenvalue weighted by atomic mass is 16.5. The third-order valence-electron chi connectivity index (χ3n) is 4.16. The Morgan fingerprint density at radius 1 is 1.43 bits per heavy atom. The lowest BCUT2D eigenvalue weighted by molar-refractivity contribution is -0.142. The van der Waals surface area contributed by atoms with Crippen LogP contribution in [0.5, 0.6) is 0 Å². The van der Waals surface area contributed by atoms with Gasteiger partial charge >= 0.3 is 5.97 Å². The molecular formula is C17H20N2O4. The number of carboxylic acid groups (broad SMARTS) is 1. The molecule has 6 heteroatoms. The Morgan fingerprint density at radius 2 is 2.22 bits per heavy atom. The van der Waals surface area contributed by atoms with Crippen LogP contribution in [0.3, 0.4) is 0 Å². The molecule has 1 amide bonds. The van der Waals surface area contributed by atoms with Crippen LogP contribution in [0.25, 0.3) is 10.9 Å². The number of ether oxygens (including phenoxy) is 1. The lowest BCUT2D eigenvalue weighted by Crippen LogP contribution is -2.43. The van der Waals surface area contributed by atoms with E-state index in [1.165, 1.54) is 0 Å². The number of carbonyl (C=O) groups is 2. The molecule has 6 nitrogen and oxygen atoms in total. The van der Waals surface area contributed by atoms with Crippen molar-refractivity contribution in [3.63, 3.8) is 0 Å². The topological polar surface area (TPSA) is 91.4 Å². The predicted octanol–water partition coefficient (Wildman–Crippen LogP) is 1.70. The molecule has 0 aliphatic heterocycles. The molecule has 2 aromatic rings. The highest BCUT2D eigenvalue weighted by Crippen LogP contribution is 2.34. The molecule has 1 aliphatic rings. The molecule has 3 N–H and O–H groups in total. The van der Waals surface area contributed by atoms with E-state index in [9.17, 15) is 14.7 Å². The van der Waals surface area contributed by atoms with E-state index in [0.717, 1.165) is 16.5 Å². The molecule has 122 valence electrons. The number of amides is 1. The molecule has 0 unspecified atom stereocenters. The van der Waals surface area contributed by atoms with Gasteiger partial charge < -0.3 is 20.1 Å². The molecule has 0 spiro atoms. The lowest BCUT2D eigenvalue weighted by atomic mass is 10.0. The number of fused-ring (bicyclic) bond motifs is 1. The summed E-state index contributed by atoms with van der Waals surface area (Å²) in [4.78, 5) is 26.7. The molecule has 23 heavy (non-hydrogen) atoms. The van der Waals surface area contributed by atoms with Crippen molar-refractivity contribution in [2.75, 3.05) is 6.61 Å². The molecule has 1 heterocycles. The average Bonchev–Trinajstić information content (AvgIpc) is 3.19. The zero-order valence-corrected chi connectivity index (χ0v) is 12.9. The monoisotopic (exact) mass is 316 g/mol. The number of aliphatic carboxylic acids is 1. The Balaban J connectivity index is 1.68. The van der Waals surface area contributed by atoms with Crippen LogP contribution < -0.4 is 5.32 Å². The van der Waals surface area contributed by atoms with Crippen LogP contribution in [0.1, 0.15) is 18.9 Å². The summed E-state index contributed by atoms with van der Waals surface area (Å²) < 4.78 is 5.38. The first-order valence-electron chi connectivity index (χ1n) is 7.80. The SMILES string of the molecule is CCO[C@@H]1C[C@H]1C(=O)N[C@H](Cc1c[nH]c2ccccc12)C(=O)O. The average molecular weight is 316 g/mol. The zero-order valence-electron chi connectivity index (χ0n) is 12.9. The first-order valence-corrected chi connectivity index (χ1v) is 7.80. The first-order chi connectivity index (χ1) is 11.1. The Labute approximate surface area is 133 Å². The summed E-state index contributed by atoms with van der Waals surface area (Å²) in [5.74, 6) is -1.49. The second-order valence-electron chi connectivity index (χ2n) is 5.80. The predicted molar refractivity (Wildman–Crippen MR) is 85.1 cm³/mol. The van der Waals surface area contributed by atoms with Crippen molar-refractivity contribution in [1.82, 2.24) is 10.3 Å². The molecule has 1 aromatic heterocycles. The maximum atomic E-state index is 12.1. The standard InChI is InChI=1S/C17H20N2O4/c1-2-23-15-8-12(15)16(20)19-14(17(21)22)7-10-9-18-13-6-4-3-5-11(10)13/h3-6,9,12,14-15,18H,2,7-8H2,1H3,(H,19,20)(H,21,22)/t12-,14-,15-/m1/s1. The van der Waals surface area contributed by atoms with Crippen LogP contribution >= 0.6 is 0 Å². The van der Waals surface area contributed by atoms with Gasteiger partial charge in [-0.1, -0.05) is 18.2 Å². The number of hydrogen-bond acceptors (Lipinski definition) is 3. The molecule has 0 radical (unpaired) electrons. The summed E-state index contributed by atoms with van der Waals surface area (Å²) in [5.41, 5.74) is 1.84. The summed E-state index contributed by atoms with van der Waals surface area (Å²) >= 11 is 0. The third-order valence-corrected chi connectivity index (χ3v) is 4.16. The Morgan fingerprint density at radius 3 is 2.96 bits per heavy atom. The molecule has 1 saturated carbocycles. The van der Waals surface area contributed by atoms with Crippen molar-refractivity contribution in [1.29, 1.82) is 0 Å². The smallest absolute Gasteiger partial charge is 0.326 e. The quantitative estimate of drug-likeness (QED) is 0.725. The van der Waals surface area contributed by atoms with Crippen LogP contribution in [0, 0.1) is 5.92 Å². The molecule has 3 rings (SSSR count). The van der Waals surface area contributed by atoms with Gasteiger partial charge in [0, 0.05) is 30.1 Å². The Kier molecular flexibility index (Phi) is 4.34. The summed E-state index contributed by atoms with van der Waals surface area (Å²) in [7, 11) is 0. The number of carbonyl (C=O) groups excluding carboxylic acids is 1. The number of hydrogen-bond donors (Lipinski definition) is 3. The number of aromatic amines is 1. The summed E-state index contributed by atoms with van der Waals surface area (Å²) in [6.45, 7) is 2.44. The maximum Gasteiger partial charge on any atom is 0.326 e. The highest BCUT2D eigenvalue weighted by Gasteiger charge is 2.44. The lowest BCUT2D eigenvalue weighted by Gasteiger charge is -2.14. The molecule has 1 fully saturated rings. The van der Waals surface area contributed by atoms with Gasteiger partial charge in [-0.05, 0) is 25.0 Å². The number of aromatic nitrogens is 1. The Hall–Kier alpha value is -2.34.